The predicted octanol–water partition coefficient (Wildman–Crippen LogP) is 0.930. The lowest BCUT2D eigenvalue weighted by Crippen LogP contribution is -2.52. The van der Waals surface area contributed by atoms with E-state index in [1.54, 1.807) is 0 Å². The summed E-state index contributed by atoms with van der Waals surface area (Å²) in [7, 11) is 0. The Morgan fingerprint density at radius 2 is 2.15 bits per heavy atom. The molecule has 0 spiro atoms. The molecule has 0 aliphatic carbocycles. The van der Waals surface area contributed by atoms with E-state index >= 15 is 0 Å². The summed E-state index contributed by atoms with van der Waals surface area (Å²) in [4.78, 5) is 14.5. The van der Waals surface area contributed by atoms with E-state index in [9.17, 15) is 9.90 Å². The van der Waals surface area contributed by atoms with Crippen molar-refractivity contribution >= 4 is 5.91 Å². The first-order chi connectivity index (χ1) is 9.70. The zero-order valence-electron chi connectivity index (χ0n) is 11.9. The maximum Gasteiger partial charge on any atom is 0.240 e. The molecular formula is C16H22N2O2. The highest BCUT2D eigenvalue weighted by Crippen LogP contribution is 2.26. The molecule has 1 amide bonds. The molecule has 0 aromatic heterocycles. The zero-order valence-corrected chi connectivity index (χ0v) is 11.9. The van der Waals surface area contributed by atoms with Crippen LogP contribution in [0.2, 0.25) is 0 Å². The topological polar surface area (TPSA) is 52.6 Å². The van der Waals surface area contributed by atoms with Crippen LogP contribution < -0.4 is 5.32 Å². The minimum atomic E-state index is -0.149. The number of fused-ring (bicyclic) bond motifs is 1. The molecule has 1 aromatic rings. The Kier molecular flexibility index (Phi) is 3.76. The van der Waals surface area contributed by atoms with E-state index in [0.717, 1.165) is 25.9 Å². The van der Waals surface area contributed by atoms with Crippen LogP contribution in [0, 0.1) is 5.92 Å². The van der Waals surface area contributed by atoms with Gasteiger partial charge in [-0.1, -0.05) is 31.2 Å². The Labute approximate surface area is 119 Å². The van der Waals surface area contributed by atoms with Crippen LogP contribution in [0.4, 0.5) is 0 Å². The van der Waals surface area contributed by atoms with Gasteiger partial charge < -0.3 is 15.3 Å². The highest BCUT2D eigenvalue weighted by atomic mass is 16.3. The summed E-state index contributed by atoms with van der Waals surface area (Å²) < 4.78 is 0. The molecule has 3 atom stereocenters. The molecule has 4 heteroatoms. The van der Waals surface area contributed by atoms with Gasteiger partial charge in [-0.3, -0.25) is 4.79 Å². The number of carbonyl (C=O) groups is 1. The van der Waals surface area contributed by atoms with Crippen LogP contribution in [0.15, 0.2) is 24.3 Å². The third kappa shape index (κ3) is 2.34. The first-order valence-corrected chi connectivity index (χ1v) is 7.42. The van der Waals surface area contributed by atoms with Crippen LogP contribution in [0.1, 0.15) is 24.5 Å². The fraction of sp³-hybridized carbons (Fsp3) is 0.562. The maximum absolute atomic E-state index is 12.7. The van der Waals surface area contributed by atoms with Crippen molar-refractivity contribution in [1.82, 2.24) is 10.2 Å². The van der Waals surface area contributed by atoms with Gasteiger partial charge >= 0.3 is 0 Å². The van der Waals surface area contributed by atoms with Gasteiger partial charge in [-0.25, -0.2) is 0 Å². The molecule has 2 N–H and O–H groups in total. The van der Waals surface area contributed by atoms with Crippen molar-refractivity contribution in [1.29, 1.82) is 0 Å². The molecule has 4 nitrogen and oxygen atoms in total. The number of likely N-dealkylation sites (tertiary alicyclic amines) is 1. The summed E-state index contributed by atoms with van der Waals surface area (Å²) in [5.74, 6) is 0.530. The van der Waals surface area contributed by atoms with Crippen molar-refractivity contribution in [2.24, 2.45) is 5.92 Å². The van der Waals surface area contributed by atoms with Gasteiger partial charge in [-0.05, 0) is 29.9 Å². The molecule has 0 saturated carbocycles. The first kappa shape index (κ1) is 13.6. The van der Waals surface area contributed by atoms with Crippen molar-refractivity contribution in [2.45, 2.75) is 38.4 Å². The van der Waals surface area contributed by atoms with E-state index < -0.39 is 0 Å². The van der Waals surface area contributed by atoms with E-state index in [4.69, 9.17) is 0 Å². The van der Waals surface area contributed by atoms with E-state index in [1.165, 1.54) is 11.1 Å². The molecule has 2 heterocycles. The highest BCUT2D eigenvalue weighted by molar-refractivity contribution is 5.83. The standard InChI is InChI=1S/C16H22N2O2/c1-11-6-7-18(15(11)10-19)16(20)14-8-12-4-2-3-5-13(12)9-17-14/h2-5,11,14-15,17,19H,6-10H2,1H3. The van der Waals surface area contributed by atoms with Crippen LogP contribution in [-0.4, -0.2) is 41.1 Å². The van der Waals surface area contributed by atoms with Gasteiger partial charge in [0, 0.05) is 13.1 Å². The van der Waals surface area contributed by atoms with Crippen LogP contribution in [0.25, 0.3) is 0 Å². The molecule has 2 aliphatic heterocycles. The second-order valence-corrected chi connectivity index (χ2v) is 5.95. The Balaban J connectivity index is 1.73. The molecule has 2 aliphatic rings. The lowest BCUT2D eigenvalue weighted by molar-refractivity contribution is -0.135. The Morgan fingerprint density at radius 3 is 2.90 bits per heavy atom. The molecular weight excluding hydrogens is 252 g/mol. The normalized spacial score (nSPS) is 29.3. The monoisotopic (exact) mass is 274 g/mol. The second-order valence-electron chi connectivity index (χ2n) is 5.95. The fourth-order valence-corrected chi connectivity index (χ4v) is 3.39. The molecule has 108 valence electrons. The third-order valence-corrected chi connectivity index (χ3v) is 4.73. The van der Waals surface area contributed by atoms with E-state index in [2.05, 4.69) is 24.4 Å². The van der Waals surface area contributed by atoms with Crippen molar-refractivity contribution in [3.63, 3.8) is 0 Å². The number of carbonyl (C=O) groups excluding carboxylic acids is 1. The van der Waals surface area contributed by atoms with Crippen LogP contribution in [0.5, 0.6) is 0 Å². The van der Waals surface area contributed by atoms with E-state index in [0.29, 0.717) is 5.92 Å². The largest absolute Gasteiger partial charge is 0.394 e. The SMILES string of the molecule is CC1CCN(C(=O)C2Cc3ccccc3CN2)C1CO. The van der Waals surface area contributed by atoms with Crippen molar-refractivity contribution < 1.29 is 9.90 Å². The number of amides is 1. The number of nitrogens with one attached hydrogen (secondary N) is 1. The van der Waals surface area contributed by atoms with Gasteiger partial charge in [0.25, 0.3) is 0 Å². The molecule has 0 radical (unpaired) electrons. The molecule has 1 saturated heterocycles. The zero-order chi connectivity index (χ0) is 14.1. The lowest BCUT2D eigenvalue weighted by atomic mass is 9.95. The first-order valence-electron chi connectivity index (χ1n) is 7.42. The van der Waals surface area contributed by atoms with Gasteiger partial charge in [-0.2, -0.15) is 0 Å². The average molecular weight is 274 g/mol. The van der Waals surface area contributed by atoms with Gasteiger partial charge in [0.1, 0.15) is 0 Å². The minimum absolute atomic E-state index is 0.0125. The molecule has 0 bridgehead atoms. The van der Waals surface area contributed by atoms with Gasteiger partial charge in [0.2, 0.25) is 5.91 Å². The predicted molar refractivity (Wildman–Crippen MR) is 77.1 cm³/mol. The van der Waals surface area contributed by atoms with Crippen LogP contribution in [-0.2, 0) is 17.8 Å². The number of hydrogen-bond donors (Lipinski definition) is 2. The summed E-state index contributed by atoms with van der Waals surface area (Å²) in [6.45, 7) is 3.69. The molecule has 20 heavy (non-hydrogen) atoms. The Hall–Kier alpha value is -1.39. The van der Waals surface area contributed by atoms with Crippen molar-refractivity contribution in [3.8, 4) is 0 Å². The quantitative estimate of drug-likeness (QED) is 0.843. The van der Waals surface area contributed by atoms with Crippen molar-refractivity contribution in [3.05, 3.63) is 35.4 Å². The van der Waals surface area contributed by atoms with Gasteiger partial charge in [0.05, 0.1) is 18.7 Å². The summed E-state index contributed by atoms with van der Waals surface area (Å²) in [5.41, 5.74) is 2.54. The minimum Gasteiger partial charge on any atom is -0.394 e. The lowest BCUT2D eigenvalue weighted by Gasteiger charge is -2.32. The summed E-state index contributed by atoms with van der Waals surface area (Å²) in [6, 6.07) is 8.11. The van der Waals surface area contributed by atoms with Crippen LogP contribution in [0.3, 0.4) is 0 Å². The molecule has 1 fully saturated rings. The molecule has 3 rings (SSSR count). The van der Waals surface area contributed by atoms with Gasteiger partial charge in [-0.15, -0.1) is 0 Å². The number of hydrogen-bond acceptors (Lipinski definition) is 3. The smallest absolute Gasteiger partial charge is 0.240 e. The summed E-state index contributed by atoms with van der Waals surface area (Å²) >= 11 is 0. The fourth-order valence-electron chi connectivity index (χ4n) is 3.39. The molecule has 1 aromatic carbocycles. The highest BCUT2D eigenvalue weighted by Gasteiger charge is 2.37. The summed E-state index contributed by atoms with van der Waals surface area (Å²) in [6.07, 6.45) is 1.73. The number of aliphatic hydroxyl groups excluding tert-OH is 1. The maximum atomic E-state index is 12.7. The van der Waals surface area contributed by atoms with E-state index in [-0.39, 0.29) is 24.6 Å². The number of rotatable bonds is 2. The van der Waals surface area contributed by atoms with Crippen molar-refractivity contribution in [2.75, 3.05) is 13.2 Å². The Morgan fingerprint density at radius 1 is 1.40 bits per heavy atom. The average Bonchev–Trinajstić information content (AvgIpc) is 2.86. The van der Waals surface area contributed by atoms with Crippen LogP contribution >= 0.6 is 0 Å². The Bertz CT molecular complexity index is 503. The summed E-state index contributed by atoms with van der Waals surface area (Å²) in [5, 5.41) is 12.8. The third-order valence-electron chi connectivity index (χ3n) is 4.73. The number of nitrogens with zero attached hydrogens (tertiary/aromatic N) is 1. The number of benzene rings is 1. The molecule has 3 unspecified atom stereocenters. The second kappa shape index (κ2) is 5.54. The van der Waals surface area contributed by atoms with E-state index in [1.807, 2.05) is 17.0 Å². The van der Waals surface area contributed by atoms with Gasteiger partial charge in [0.15, 0.2) is 0 Å². The number of aliphatic hydroxyl groups is 1.